The standard InChI is InChI=1S/C21H14ClFN4O3/c22-15-5-6-19-16(9-15)20(28)14(12-30-19)10-24-25-21(29)18-7-8-27(26-18)11-13-3-1-2-4-17(13)23/h1-10,12H,11H2,(H,25,29)/b24-10+. The Bertz CT molecular complexity index is 1330. The number of aromatic nitrogens is 2. The van der Waals surface area contributed by atoms with Crippen LogP contribution in [0.2, 0.25) is 5.02 Å². The molecule has 4 rings (SSSR count). The van der Waals surface area contributed by atoms with Crippen molar-refractivity contribution in [2.75, 3.05) is 0 Å². The maximum atomic E-state index is 13.7. The fraction of sp³-hybridized carbons (Fsp3) is 0.0476. The highest BCUT2D eigenvalue weighted by Gasteiger charge is 2.10. The first kappa shape index (κ1) is 19.5. The monoisotopic (exact) mass is 424 g/mol. The Hall–Kier alpha value is -3.78. The number of hydrazone groups is 1. The summed E-state index contributed by atoms with van der Waals surface area (Å²) < 4.78 is 20.6. The largest absolute Gasteiger partial charge is 0.463 e. The molecule has 0 unspecified atom stereocenters. The van der Waals surface area contributed by atoms with Crippen molar-refractivity contribution in [2.24, 2.45) is 5.10 Å². The van der Waals surface area contributed by atoms with E-state index in [0.717, 1.165) is 0 Å². The van der Waals surface area contributed by atoms with Gasteiger partial charge in [-0.25, -0.2) is 9.82 Å². The molecule has 0 bridgehead atoms. The molecule has 0 fully saturated rings. The smallest absolute Gasteiger partial charge is 0.291 e. The van der Waals surface area contributed by atoms with Gasteiger partial charge in [0.15, 0.2) is 5.69 Å². The zero-order valence-corrected chi connectivity index (χ0v) is 16.1. The molecule has 150 valence electrons. The number of amides is 1. The first-order chi connectivity index (χ1) is 14.5. The average Bonchev–Trinajstić information content (AvgIpc) is 3.20. The van der Waals surface area contributed by atoms with Crippen LogP contribution in [-0.4, -0.2) is 21.9 Å². The number of hydrogen-bond donors (Lipinski definition) is 1. The summed E-state index contributed by atoms with van der Waals surface area (Å²) in [6, 6.07) is 12.5. The maximum Gasteiger partial charge on any atom is 0.291 e. The van der Waals surface area contributed by atoms with Crippen LogP contribution in [0, 0.1) is 5.82 Å². The van der Waals surface area contributed by atoms with Gasteiger partial charge in [-0.1, -0.05) is 29.8 Å². The molecular weight excluding hydrogens is 411 g/mol. The van der Waals surface area contributed by atoms with Gasteiger partial charge in [0.2, 0.25) is 5.43 Å². The van der Waals surface area contributed by atoms with E-state index in [4.69, 9.17) is 16.0 Å². The van der Waals surface area contributed by atoms with Crippen molar-refractivity contribution in [2.45, 2.75) is 6.54 Å². The maximum absolute atomic E-state index is 13.7. The molecule has 0 aliphatic rings. The van der Waals surface area contributed by atoms with Crippen LogP contribution >= 0.6 is 11.6 Å². The molecule has 2 aromatic carbocycles. The van der Waals surface area contributed by atoms with Gasteiger partial charge < -0.3 is 4.42 Å². The Kier molecular flexibility index (Phi) is 5.40. The Morgan fingerprint density at radius 1 is 1.27 bits per heavy atom. The summed E-state index contributed by atoms with van der Waals surface area (Å²) in [7, 11) is 0. The van der Waals surface area contributed by atoms with Gasteiger partial charge in [-0.2, -0.15) is 10.2 Å². The van der Waals surface area contributed by atoms with Crippen molar-refractivity contribution in [3.8, 4) is 0 Å². The summed E-state index contributed by atoms with van der Waals surface area (Å²) in [5.74, 6) is -0.925. The number of fused-ring (bicyclic) bond motifs is 1. The quantitative estimate of drug-likeness (QED) is 0.391. The molecule has 0 spiro atoms. The van der Waals surface area contributed by atoms with Gasteiger partial charge in [0.05, 0.1) is 23.7 Å². The predicted octanol–water partition coefficient (Wildman–Crippen LogP) is 3.59. The molecule has 0 aliphatic carbocycles. The van der Waals surface area contributed by atoms with Crippen LogP contribution in [-0.2, 0) is 6.54 Å². The number of carbonyl (C=O) groups excluding carboxylic acids is 1. The minimum absolute atomic E-state index is 0.0980. The van der Waals surface area contributed by atoms with Crippen LogP contribution < -0.4 is 10.9 Å². The number of nitrogens with zero attached hydrogens (tertiary/aromatic N) is 3. The lowest BCUT2D eigenvalue weighted by Crippen LogP contribution is -2.19. The number of halogens is 2. The molecule has 1 amide bonds. The topological polar surface area (TPSA) is 89.5 Å². The third kappa shape index (κ3) is 4.13. The number of nitrogens with one attached hydrogen (secondary N) is 1. The van der Waals surface area contributed by atoms with Crippen LogP contribution in [0.1, 0.15) is 21.6 Å². The first-order valence-corrected chi connectivity index (χ1v) is 9.20. The average molecular weight is 425 g/mol. The molecular formula is C21H14ClFN4O3. The Morgan fingerprint density at radius 3 is 2.93 bits per heavy atom. The third-order valence-corrected chi connectivity index (χ3v) is 4.53. The van der Waals surface area contributed by atoms with E-state index in [1.165, 1.54) is 35.4 Å². The summed E-state index contributed by atoms with van der Waals surface area (Å²) in [5.41, 5.74) is 3.06. The zero-order chi connectivity index (χ0) is 21.1. The molecule has 0 radical (unpaired) electrons. The van der Waals surface area contributed by atoms with Gasteiger partial charge in [0.25, 0.3) is 5.91 Å². The molecule has 9 heteroatoms. The van der Waals surface area contributed by atoms with E-state index in [2.05, 4.69) is 15.6 Å². The second-order valence-electron chi connectivity index (χ2n) is 6.35. The molecule has 7 nitrogen and oxygen atoms in total. The minimum atomic E-state index is -0.577. The van der Waals surface area contributed by atoms with Gasteiger partial charge in [-0.15, -0.1) is 0 Å². The van der Waals surface area contributed by atoms with E-state index in [1.807, 2.05) is 0 Å². The summed E-state index contributed by atoms with van der Waals surface area (Å²) in [5, 5.41) is 8.61. The second kappa shape index (κ2) is 8.30. The van der Waals surface area contributed by atoms with E-state index < -0.39 is 5.91 Å². The summed E-state index contributed by atoms with van der Waals surface area (Å²) in [4.78, 5) is 24.7. The Balaban J connectivity index is 1.45. The van der Waals surface area contributed by atoms with Crippen LogP contribution in [0.15, 0.2) is 75.3 Å². The van der Waals surface area contributed by atoms with E-state index in [9.17, 15) is 14.0 Å². The van der Waals surface area contributed by atoms with Crippen molar-refractivity contribution in [3.63, 3.8) is 0 Å². The molecule has 0 atom stereocenters. The highest BCUT2D eigenvalue weighted by molar-refractivity contribution is 6.31. The molecule has 0 saturated carbocycles. The normalized spacial score (nSPS) is 11.3. The molecule has 2 heterocycles. The summed E-state index contributed by atoms with van der Waals surface area (Å²) >= 11 is 5.92. The van der Waals surface area contributed by atoms with E-state index >= 15 is 0 Å². The number of hydrogen-bond acceptors (Lipinski definition) is 5. The van der Waals surface area contributed by atoms with Gasteiger partial charge in [0, 0.05) is 16.8 Å². The van der Waals surface area contributed by atoms with Crippen LogP contribution in [0.25, 0.3) is 11.0 Å². The predicted molar refractivity (Wildman–Crippen MR) is 110 cm³/mol. The fourth-order valence-corrected chi connectivity index (χ4v) is 2.97. The molecule has 0 aliphatic heterocycles. The van der Waals surface area contributed by atoms with Gasteiger partial charge >= 0.3 is 0 Å². The van der Waals surface area contributed by atoms with Gasteiger partial charge in [-0.05, 0) is 30.3 Å². The number of rotatable bonds is 5. The second-order valence-corrected chi connectivity index (χ2v) is 6.79. The Labute approximate surface area is 174 Å². The first-order valence-electron chi connectivity index (χ1n) is 8.82. The van der Waals surface area contributed by atoms with Crippen LogP contribution in [0.3, 0.4) is 0 Å². The summed E-state index contributed by atoms with van der Waals surface area (Å²) in [6.45, 7) is 0.184. The highest BCUT2D eigenvalue weighted by atomic mass is 35.5. The molecule has 4 aromatic rings. The van der Waals surface area contributed by atoms with Crippen LogP contribution in [0.5, 0.6) is 0 Å². The van der Waals surface area contributed by atoms with Crippen molar-refractivity contribution in [3.05, 3.63) is 98.9 Å². The minimum Gasteiger partial charge on any atom is -0.463 e. The lowest BCUT2D eigenvalue weighted by atomic mass is 10.2. The van der Waals surface area contributed by atoms with Gasteiger partial charge in [0.1, 0.15) is 17.7 Å². The third-order valence-electron chi connectivity index (χ3n) is 4.29. The van der Waals surface area contributed by atoms with Crippen LogP contribution in [0.4, 0.5) is 4.39 Å². The Morgan fingerprint density at radius 2 is 2.10 bits per heavy atom. The lowest BCUT2D eigenvalue weighted by molar-refractivity contribution is 0.0949. The fourth-order valence-electron chi connectivity index (χ4n) is 2.80. The lowest BCUT2D eigenvalue weighted by Gasteiger charge is -2.03. The van der Waals surface area contributed by atoms with Crippen molar-refractivity contribution >= 4 is 34.7 Å². The molecule has 2 aromatic heterocycles. The van der Waals surface area contributed by atoms with Crippen molar-refractivity contribution < 1.29 is 13.6 Å². The number of carbonyl (C=O) groups is 1. The van der Waals surface area contributed by atoms with Gasteiger partial charge in [-0.3, -0.25) is 14.3 Å². The SMILES string of the molecule is O=C(N/N=C/c1coc2ccc(Cl)cc2c1=O)c1ccn(Cc2ccccc2F)n1. The van der Waals surface area contributed by atoms with Crippen molar-refractivity contribution in [1.82, 2.24) is 15.2 Å². The zero-order valence-electron chi connectivity index (χ0n) is 15.4. The van der Waals surface area contributed by atoms with E-state index in [1.54, 1.807) is 36.5 Å². The molecule has 0 saturated heterocycles. The van der Waals surface area contributed by atoms with E-state index in [-0.39, 0.29) is 29.0 Å². The highest BCUT2D eigenvalue weighted by Crippen LogP contribution is 2.16. The number of benzene rings is 2. The molecule has 1 N–H and O–H groups in total. The van der Waals surface area contributed by atoms with Crippen molar-refractivity contribution in [1.29, 1.82) is 0 Å². The summed E-state index contributed by atoms with van der Waals surface area (Å²) in [6.07, 6.45) is 3.99. The van der Waals surface area contributed by atoms with E-state index in [0.29, 0.717) is 21.6 Å². The molecule has 30 heavy (non-hydrogen) atoms.